The van der Waals surface area contributed by atoms with Gasteiger partial charge < -0.3 is 4.74 Å². The number of benzene rings is 2. The van der Waals surface area contributed by atoms with Crippen LogP contribution in [-0.4, -0.2) is 5.97 Å². The lowest BCUT2D eigenvalue weighted by atomic mass is 10.1. The van der Waals surface area contributed by atoms with E-state index in [1.165, 1.54) is 6.07 Å². The highest BCUT2D eigenvalue weighted by Gasteiger charge is 2.31. The van der Waals surface area contributed by atoms with E-state index in [0.29, 0.717) is 11.1 Å². The Labute approximate surface area is 128 Å². The Hall–Kier alpha value is -2.44. The van der Waals surface area contributed by atoms with Crippen molar-refractivity contribution >= 4 is 5.97 Å². The lowest BCUT2D eigenvalue weighted by molar-refractivity contribution is 0.0719. The van der Waals surface area contributed by atoms with E-state index < -0.39 is 40.6 Å². The Morgan fingerprint density at radius 3 is 1.83 bits per heavy atom. The van der Waals surface area contributed by atoms with E-state index >= 15 is 0 Å². The predicted octanol–water partition coefficient (Wildman–Crippen LogP) is 4.53. The molecule has 23 heavy (non-hydrogen) atoms. The van der Waals surface area contributed by atoms with Crippen molar-refractivity contribution in [2.75, 3.05) is 0 Å². The number of halogens is 5. The molecule has 0 saturated heterocycles. The molecule has 0 fully saturated rings. The van der Waals surface area contributed by atoms with Gasteiger partial charge in [-0.05, 0) is 43.5 Å². The molecule has 0 bridgehead atoms. The topological polar surface area (TPSA) is 26.3 Å². The number of carbonyl (C=O) groups is 1. The van der Waals surface area contributed by atoms with Crippen molar-refractivity contribution in [3.63, 3.8) is 0 Å². The van der Waals surface area contributed by atoms with Gasteiger partial charge in [0.15, 0.2) is 23.3 Å². The molecule has 0 amide bonds. The summed E-state index contributed by atoms with van der Waals surface area (Å²) >= 11 is 0. The highest BCUT2D eigenvalue weighted by Crippen LogP contribution is 2.27. The number of hydrogen-bond donors (Lipinski definition) is 0. The van der Waals surface area contributed by atoms with Crippen LogP contribution in [0, 0.1) is 49.9 Å². The summed E-state index contributed by atoms with van der Waals surface area (Å²) in [6.45, 7) is 5.01. The standard InChI is InChI=1S/C16H11F5O2/c1-6-4-7(2)8(3)9(5-6)23-16(22)10-11(17)13(19)15(21)14(20)12(10)18/h4-5H,1-3H3. The van der Waals surface area contributed by atoms with Crippen LogP contribution in [0.5, 0.6) is 5.75 Å². The highest BCUT2D eigenvalue weighted by molar-refractivity contribution is 5.92. The molecule has 0 heterocycles. The van der Waals surface area contributed by atoms with E-state index in [4.69, 9.17) is 4.74 Å². The lowest BCUT2D eigenvalue weighted by Gasteiger charge is -2.12. The van der Waals surface area contributed by atoms with Gasteiger partial charge in [0.25, 0.3) is 0 Å². The van der Waals surface area contributed by atoms with Gasteiger partial charge in [-0.2, -0.15) is 0 Å². The molecule has 0 aliphatic heterocycles. The Balaban J connectivity index is 2.52. The van der Waals surface area contributed by atoms with Crippen LogP contribution in [0.2, 0.25) is 0 Å². The third-order valence-corrected chi connectivity index (χ3v) is 3.38. The maximum absolute atomic E-state index is 13.6. The van der Waals surface area contributed by atoms with Crippen molar-refractivity contribution in [1.29, 1.82) is 0 Å². The van der Waals surface area contributed by atoms with Gasteiger partial charge in [0.05, 0.1) is 0 Å². The first-order chi connectivity index (χ1) is 10.6. The Bertz CT molecular complexity index is 786. The molecule has 122 valence electrons. The van der Waals surface area contributed by atoms with Gasteiger partial charge in [-0.1, -0.05) is 6.07 Å². The largest absolute Gasteiger partial charge is 0.422 e. The molecule has 7 heteroatoms. The first kappa shape index (κ1) is 16.9. The smallest absolute Gasteiger partial charge is 0.349 e. The zero-order valence-electron chi connectivity index (χ0n) is 12.4. The summed E-state index contributed by atoms with van der Waals surface area (Å²) in [4.78, 5) is 11.9. The number of esters is 1. The molecule has 0 saturated carbocycles. The molecule has 0 radical (unpaired) electrons. The van der Waals surface area contributed by atoms with E-state index in [2.05, 4.69) is 0 Å². The molecule has 0 aliphatic rings. The minimum absolute atomic E-state index is 0.0172. The average molecular weight is 330 g/mol. The van der Waals surface area contributed by atoms with E-state index in [0.717, 1.165) is 5.56 Å². The lowest BCUT2D eigenvalue weighted by Crippen LogP contribution is -2.18. The van der Waals surface area contributed by atoms with Gasteiger partial charge >= 0.3 is 5.97 Å². The molecule has 0 N–H and O–H groups in total. The van der Waals surface area contributed by atoms with Crippen molar-refractivity contribution in [2.24, 2.45) is 0 Å². The summed E-state index contributed by atoms with van der Waals surface area (Å²) in [5.41, 5.74) is 0.325. The summed E-state index contributed by atoms with van der Waals surface area (Å²) in [5, 5.41) is 0. The molecule has 0 unspecified atom stereocenters. The SMILES string of the molecule is Cc1cc(C)c(C)c(OC(=O)c2c(F)c(F)c(F)c(F)c2F)c1. The molecule has 2 nitrogen and oxygen atoms in total. The van der Waals surface area contributed by atoms with Crippen LogP contribution in [0.3, 0.4) is 0 Å². The Morgan fingerprint density at radius 2 is 1.30 bits per heavy atom. The first-order valence-electron chi connectivity index (χ1n) is 6.46. The van der Waals surface area contributed by atoms with Crippen molar-refractivity contribution in [3.05, 3.63) is 63.5 Å². The van der Waals surface area contributed by atoms with Crippen molar-refractivity contribution < 1.29 is 31.5 Å². The third kappa shape index (κ3) is 2.91. The quantitative estimate of drug-likeness (QED) is 0.266. The molecule has 0 aliphatic carbocycles. The van der Waals surface area contributed by atoms with E-state index in [-0.39, 0.29) is 5.75 Å². The van der Waals surface area contributed by atoms with E-state index in [9.17, 15) is 26.7 Å². The van der Waals surface area contributed by atoms with Crippen LogP contribution in [0.25, 0.3) is 0 Å². The molecule has 2 aromatic rings. The maximum Gasteiger partial charge on any atom is 0.349 e. The van der Waals surface area contributed by atoms with Gasteiger partial charge in [-0.15, -0.1) is 0 Å². The summed E-state index contributed by atoms with van der Waals surface area (Å²) in [6, 6.07) is 3.21. The van der Waals surface area contributed by atoms with Crippen LogP contribution >= 0.6 is 0 Å². The number of rotatable bonds is 2. The second-order valence-corrected chi connectivity index (χ2v) is 5.04. The van der Waals surface area contributed by atoms with Gasteiger partial charge in [0.1, 0.15) is 11.3 Å². The van der Waals surface area contributed by atoms with Gasteiger partial charge in [-0.3, -0.25) is 0 Å². The second-order valence-electron chi connectivity index (χ2n) is 5.04. The van der Waals surface area contributed by atoms with Gasteiger partial charge in [0.2, 0.25) is 5.82 Å². The fraction of sp³-hybridized carbons (Fsp3) is 0.188. The van der Waals surface area contributed by atoms with Gasteiger partial charge in [0, 0.05) is 0 Å². The average Bonchev–Trinajstić information content (AvgIpc) is 2.48. The Morgan fingerprint density at radius 1 is 0.826 bits per heavy atom. The summed E-state index contributed by atoms with van der Waals surface area (Å²) in [7, 11) is 0. The molecule has 0 aromatic heterocycles. The zero-order chi connectivity index (χ0) is 17.5. The summed E-state index contributed by atoms with van der Waals surface area (Å²) in [5.74, 6) is -12.9. The fourth-order valence-electron chi connectivity index (χ4n) is 2.04. The minimum Gasteiger partial charge on any atom is -0.422 e. The molecule has 2 rings (SSSR count). The zero-order valence-corrected chi connectivity index (χ0v) is 12.4. The first-order valence-corrected chi connectivity index (χ1v) is 6.46. The predicted molar refractivity (Wildman–Crippen MR) is 71.8 cm³/mol. The monoisotopic (exact) mass is 330 g/mol. The van der Waals surface area contributed by atoms with E-state index in [1.807, 2.05) is 0 Å². The van der Waals surface area contributed by atoms with E-state index in [1.54, 1.807) is 26.8 Å². The Kier molecular flexibility index (Phi) is 4.40. The maximum atomic E-state index is 13.6. The fourth-order valence-corrected chi connectivity index (χ4v) is 2.04. The van der Waals surface area contributed by atoms with Crippen molar-refractivity contribution in [2.45, 2.75) is 20.8 Å². The number of ether oxygens (including phenoxy) is 1. The van der Waals surface area contributed by atoms with Crippen molar-refractivity contribution in [3.8, 4) is 5.75 Å². The highest BCUT2D eigenvalue weighted by atomic mass is 19.2. The normalized spacial score (nSPS) is 10.8. The van der Waals surface area contributed by atoms with Crippen molar-refractivity contribution in [1.82, 2.24) is 0 Å². The number of carbonyl (C=O) groups excluding carboxylic acids is 1. The molecular weight excluding hydrogens is 319 g/mol. The van der Waals surface area contributed by atoms with Crippen LogP contribution in [0.4, 0.5) is 22.0 Å². The van der Waals surface area contributed by atoms with Crippen LogP contribution in [-0.2, 0) is 0 Å². The molecular formula is C16H11F5O2. The number of aryl methyl sites for hydroxylation is 2. The van der Waals surface area contributed by atoms with Crippen LogP contribution in [0.15, 0.2) is 12.1 Å². The molecule has 0 spiro atoms. The minimum atomic E-state index is -2.33. The third-order valence-electron chi connectivity index (χ3n) is 3.38. The second kappa shape index (κ2) is 5.98. The van der Waals surface area contributed by atoms with Crippen LogP contribution in [0.1, 0.15) is 27.0 Å². The van der Waals surface area contributed by atoms with Gasteiger partial charge in [-0.25, -0.2) is 26.7 Å². The van der Waals surface area contributed by atoms with Crippen LogP contribution < -0.4 is 4.74 Å². The molecule has 0 atom stereocenters. The number of hydrogen-bond acceptors (Lipinski definition) is 2. The summed E-state index contributed by atoms with van der Waals surface area (Å²) in [6.07, 6.45) is 0. The molecule has 2 aromatic carbocycles. The summed E-state index contributed by atoms with van der Waals surface area (Å²) < 4.78 is 71.3.